The van der Waals surface area contributed by atoms with Crippen molar-refractivity contribution in [3.05, 3.63) is 70.8 Å². The highest BCUT2D eigenvalue weighted by molar-refractivity contribution is 5.95. The molecule has 0 saturated carbocycles. The van der Waals surface area contributed by atoms with E-state index >= 15 is 0 Å². The summed E-state index contributed by atoms with van der Waals surface area (Å²) in [5.74, 6) is -0.873. The van der Waals surface area contributed by atoms with Crippen molar-refractivity contribution in [2.45, 2.75) is 171 Å². The molecule has 4 aliphatic rings. The van der Waals surface area contributed by atoms with Gasteiger partial charge >= 0.3 is 0 Å². The van der Waals surface area contributed by atoms with Gasteiger partial charge < -0.3 is 36.4 Å². The third kappa shape index (κ3) is 11.7. The van der Waals surface area contributed by atoms with Crippen LogP contribution >= 0.6 is 0 Å². The van der Waals surface area contributed by atoms with Crippen LogP contribution in [0, 0.1) is 0 Å². The largest absolute Gasteiger partial charge is 0.347 e. The van der Waals surface area contributed by atoms with Crippen LogP contribution in [-0.2, 0) is 41.6 Å². The topological polar surface area (TPSA) is 169 Å². The van der Waals surface area contributed by atoms with Crippen LogP contribution in [0.5, 0.6) is 0 Å². The van der Waals surface area contributed by atoms with E-state index in [2.05, 4.69) is 56.9 Å². The third-order valence-electron chi connectivity index (χ3n) is 14.0. The zero-order valence-electron chi connectivity index (χ0n) is 37.5. The van der Waals surface area contributed by atoms with Crippen molar-refractivity contribution >= 4 is 35.3 Å². The Morgan fingerprint density at radius 3 is 1.69 bits per heavy atom. The number of ketones is 1. The number of hydrogen-bond acceptors (Lipinski definition) is 8. The normalized spacial score (nSPS) is 22.7. The fourth-order valence-electron chi connectivity index (χ4n) is 10.1. The maximum Gasteiger partial charge on any atom is 0.245 e. The number of benzene rings is 2. The molecule has 2 fully saturated rings. The van der Waals surface area contributed by atoms with E-state index in [-0.39, 0.29) is 47.3 Å². The Labute approximate surface area is 368 Å². The number of likely N-dealkylation sites (N-methyl/N-ethyl adjacent to an activating group) is 2. The fraction of sp³-hybridized carbons (Fsp3) is 0.633. The van der Waals surface area contributed by atoms with E-state index in [0.29, 0.717) is 64.5 Å². The van der Waals surface area contributed by atoms with Crippen molar-refractivity contribution in [1.29, 1.82) is 0 Å². The molecule has 13 nitrogen and oxygen atoms in total. The van der Waals surface area contributed by atoms with E-state index in [0.717, 1.165) is 63.4 Å². The van der Waals surface area contributed by atoms with Gasteiger partial charge in [0, 0.05) is 19.5 Å². The summed E-state index contributed by atoms with van der Waals surface area (Å²) in [5, 5.41) is 15.1. The summed E-state index contributed by atoms with van der Waals surface area (Å²) in [5.41, 5.74) is 4.97. The quantitative estimate of drug-likeness (QED) is 0.119. The van der Waals surface area contributed by atoms with Crippen molar-refractivity contribution < 1.29 is 28.8 Å². The number of carbonyl (C=O) groups is 6. The molecule has 0 aromatic heterocycles. The summed E-state index contributed by atoms with van der Waals surface area (Å²) < 4.78 is 0. The van der Waals surface area contributed by atoms with Crippen molar-refractivity contribution in [3.8, 4) is 0 Å². The first kappa shape index (κ1) is 46.9. The van der Waals surface area contributed by atoms with E-state index in [1.165, 1.54) is 16.7 Å². The monoisotopic (exact) mass is 854 g/mol. The van der Waals surface area contributed by atoms with Gasteiger partial charge in [0.1, 0.15) is 18.1 Å². The van der Waals surface area contributed by atoms with Crippen LogP contribution in [0.25, 0.3) is 0 Å². The zero-order valence-corrected chi connectivity index (χ0v) is 37.5. The van der Waals surface area contributed by atoms with Crippen LogP contribution in [0.15, 0.2) is 48.5 Å². The molecule has 0 spiro atoms. The number of nitrogens with zero attached hydrogens (tertiary/aromatic N) is 2. The van der Waals surface area contributed by atoms with Gasteiger partial charge in [0.25, 0.3) is 0 Å². The van der Waals surface area contributed by atoms with Crippen LogP contribution in [0.2, 0.25) is 0 Å². The van der Waals surface area contributed by atoms with E-state index in [1.54, 1.807) is 37.7 Å². The zero-order chi connectivity index (χ0) is 44.2. The first-order valence-electron chi connectivity index (χ1n) is 23.6. The summed E-state index contributed by atoms with van der Waals surface area (Å²) >= 11 is 0. The summed E-state index contributed by atoms with van der Waals surface area (Å²) in [6.45, 7) is 4.44. The summed E-state index contributed by atoms with van der Waals surface area (Å²) in [6.07, 6.45) is 12.6. The van der Waals surface area contributed by atoms with E-state index < -0.39 is 36.3 Å². The van der Waals surface area contributed by atoms with Gasteiger partial charge in [0.2, 0.25) is 29.5 Å². The fourth-order valence-corrected chi connectivity index (χ4v) is 10.1. The molecule has 13 heteroatoms. The molecule has 0 bridgehead atoms. The summed E-state index contributed by atoms with van der Waals surface area (Å²) in [4.78, 5) is 85.8. The number of rotatable bonds is 20. The Morgan fingerprint density at radius 1 is 0.613 bits per heavy atom. The second-order valence-corrected chi connectivity index (χ2v) is 18.1. The molecule has 2 aliphatic carbocycles. The highest BCUT2D eigenvalue weighted by Gasteiger charge is 2.40. The van der Waals surface area contributed by atoms with Gasteiger partial charge in [0.05, 0.1) is 24.2 Å². The molecule has 2 aromatic rings. The first-order valence-corrected chi connectivity index (χ1v) is 23.6. The molecule has 5 amide bonds. The van der Waals surface area contributed by atoms with Gasteiger partial charge in [-0.25, -0.2) is 0 Å². The SMILES string of the molecule is CNC(C)C(=O)N[C@@H](CCCCCC[C@H](NC(=O)[C@H](C)NC)C(=O)N1CCC[C@H]1C(=O)C[C@@H]1CCCc2ccccc21)C(=O)N1CCC[C@H]1C(=O)N[C@@H]1CCCc2ccccc21. The Balaban J connectivity index is 1.04. The van der Waals surface area contributed by atoms with Crippen molar-refractivity contribution in [2.75, 3.05) is 27.2 Å². The van der Waals surface area contributed by atoms with Gasteiger partial charge in [-0.05, 0) is 133 Å². The third-order valence-corrected chi connectivity index (χ3v) is 14.0. The number of aryl methyl sites for hydroxylation is 2. The van der Waals surface area contributed by atoms with E-state index in [9.17, 15) is 28.8 Å². The van der Waals surface area contributed by atoms with Gasteiger partial charge in [0.15, 0.2) is 5.78 Å². The van der Waals surface area contributed by atoms with Gasteiger partial charge in [-0.2, -0.15) is 0 Å². The van der Waals surface area contributed by atoms with Crippen molar-refractivity contribution in [2.24, 2.45) is 0 Å². The number of Topliss-reactive ketones (excluding diaryl/α,β-unsaturated/α-hetero) is 1. The molecule has 338 valence electrons. The lowest BCUT2D eigenvalue weighted by Gasteiger charge is -2.32. The van der Waals surface area contributed by atoms with Gasteiger partial charge in [-0.3, -0.25) is 28.8 Å². The number of fused-ring (bicyclic) bond motifs is 2. The van der Waals surface area contributed by atoms with Crippen LogP contribution in [0.4, 0.5) is 0 Å². The van der Waals surface area contributed by atoms with Gasteiger partial charge in [-0.15, -0.1) is 0 Å². The molecule has 5 N–H and O–H groups in total. The minimum absolute atomic E-state index is 0.0869. The van der Waals surface area contributed by atoms with Crippen LogP contribution < -0.4 is 26.6 Å². The summed E-state index contributed by atoms with van der Waals surface area (Å²) in [7, 11) is 3.40. The Hall–Kier alpha value is -4.62. The molecule has 2 heterocycles. The maximum absolute atomic E-state index is 14.3. The van der Waals surface area contributed by atoms with Crippen LogP contribution in [0.3, 0.4) is 0 Å². The molecule has 2 aromatic carbocycles. The molecule has 2 saturated heterocycles. The standard InChI is InChI=1S/C49H71N7O6/c1-32(50-3)45(58)53-40(48(61)55-29-15-27-42(55)44(57)31-36-21-13-19-34-17-9-11-22-37(34)36)24-7-5-6-8-25-41(54-46(59)33(2)51-4)49(62)56-30-16-28-43(56)47(60)52-39-26-14-20-35-18-10-12-23-38(35)39/h9-12,17-18,22-23,32-33,36,39-43,50-51H,5-8,13-16,19-21,24-31H2,1-4H3,(H,52,60)(H,53,58)(H,54,59)/t32-,33?,36-,39+,40-,41-,42-,43-/m0/s1. The lowest BCUT2D eigenvalue weighted by molar-refractivity contribution is -0.142. The minimum Gasteiger partial charge on any atom is -0.347 e. The molecule has 8 atom stereocenters. The Kier molecular flexibility index (Phi) is 17.1. The molecule has 1 unspecified atom stereocenters. The number of unbranched alkanes of at least 4 members (excludes halogenated alkanes) is 3. The van der Waals surface area contributed by atoms with E-state index in [1.807, 2.05) is 18.2 Å². The predicted molar refractivity (Wildman–Crippen MR) is 240 cm³/mol. The molecule has 6 rings (SSSR count). The molecular weight excluding hydrogens is 783 g/mol. The first-order chi connectivity index (χ1) is 30.0. The average molecular weight is 854 g/mol. The van der Waals surface area contributed by atoms with Gasteiger partial charge in [-0.1, -0.05) is 74.2 Å². The summed E-state index contributed by atoms with van der Waals surface area (Å²) in [6, 6.07) is 12.9. The maximum atomic E-state index is 14.3. The average Bonchev–Trinajstić information content (AvgIpc) is 4.00. The second-order valence-electron chi connectivity index (χ2n) is 18.1. The lowest BCUT2D eigenvalue weighted by atomic mass is 9.79. The van der Waals surface area contributed by atoms with Crippen molar-refractivity contribution in [1.82, 2.24) is 36.4 Å². The van der Waals surface area contributed by atoms with Crippen LogP contribution in [-0.4, -0.2) is 109 Å². The Bertz CT molecular complexity index is 1750. The highest BCUT2D eigenvalue weighted by Crippen LogP contribution is 2.36. The number of hydrogen-bond donors (Lipinski definition) is 5. The predicted octanol–water partition coefficient (Wildman–Crippen LogP) is 4.77. The Morgan fingerprint density at radius 2 is 1.11 bits per heavy atom. The van der Waals surface area contributed by atoms with Crippen molar-refractivity contribution in [3.63, 3.8) is 0 Å². The second kappa shape index (κ2) is 22.6. The minimum atomic E-state index is -0.787. The highest BCUT2D eigenvalue weighted by atomic mass is 16.2. The number of carbonyl (C=O) groups excluding carboxylic acids is 6. The number of nitrogens with one attached hydrogen (secondary N) is 5. The molecule has 62 heavy (non-hydrogen) atoms. The lowest BCUT2D eigenvalue weighted by Crippen LogP contribution is -2.55. The van der Waals surface area contributed by atoms with Crippen LogP contribution in [0.1, 0.15) is 144 Å². The number of likely N-dealkylation sites (tertiary alicyclic amines) is 2. The smallest absolute Gasteiger partial charge is 0.245 e. The van der Waals surface area contributed by atoms with E-state index in [4.69, 9.17) is 0 Å². The molecule has 0 radical (unpaired) electrons. The number of amides is 5. The molecular formula is C49H71N7O6. The molecule has 2 aliphatic heterocycles.